The van der Waals surface area contributed by atoms with Gasteiger partial charge in [-0.05, 0) is 41.1 Å². The first-order valence-electron chi connectivity index (χ1n) is 5.25. The van der Waals surface area contributed by atoms with Gasteiger partial charge in [0.05, 0.1) is 16.2 Å². The van der Waals surface area contributed by atoms with E-state index in [9.17, 15) is 4.79 Å². The lowest BCUT2D eigenvalue weighted by atomic mass is 10.1. The number of aromatic nitrogens is 2. The Bertz CT molecular complexity index is 610. The molecule has 0 saturated heterocycles. The fourth-order valence-corrected chi connectivity index (χ4v) is 2.26. The van der Waals surface area contributed by atoms with Gasteiger partial charge in [-0.1, -0.05) is 23.2 Å². The first kappa shape index (κ1) is 13.6. The van der Waals surface area contributed by atoms with Crippen molar-refractivity contribution in [3.05, 3.63) is 50.2 Å². The average molecular weight is 348 g/mol. The molecule has 18 heavy (non-hydrogen) atoms. The first-order chi connectivity index (χ1) is 8.54. The molecule has 0 aliphatic carbocycles. The highest BCUT2D eigenvalue weighted by molar-refractivity contribution is 9.10. The zero-order chi connectivity index (χ0) is 13.3. The van der Waals surface area contributed by atoms with E-state index in [-0.39, 0.29) is 5.78 Å². The number of rotatable bonds is 3. The smallest absolute Gasteiger partial charge is 0.212 e. The van der Waals surface area contributed by atoms with Gasteiger partial charge in [0.15, 0.2) is 0 Å². The van der Waals surface area contributed by atoms with Gasteiger partial charge < -0.3 is 0 Å². The summed E-state index contributed by atoms with van der Waals surface area (Å²) < 4.78 is 2.32. The van der Waals surface area contributed by atoms with E-state index in [1.807, 2.05) is 6.92 Å². The van der Waals surface area contributed by atoms with Crippen molar-refractivity contribution in [3.63, 3.8) is 0 Å². The lowest BCUT2D eigenvalue weighted by Gasteiger charge is -2.05. The zero-order valence-corrected chi connectivity index (χ0v) is 12.6. The largest absolute Gasteiger partial charge is 0.287 e. The Hall–Kier alpha value is -0.840. The lowest BCUT2D eigenvalue weighted by molar-refractivity contribution is 0.102. The van der Waals surface area contributed by atoms with Crippen LogP contribution in [-0.2, 0) is 6.54 Å². The van der Waals surface area contributed by atoms with E-state index >= 15 is 0 Å². The van der Waals surface area contributed by atoms with E-state index in [0.29, 0.717) is 27.8 Å². The second kappa shape index (κ2) is 5.43. The van der Waals surface area contributed by atoms with Crippen molar-refractivity contribution in [3.8, 4) is 0 Å². The van der Waals surface area contributed by atoms with Crippen molar-refractivity contribution in [2.24, 2.45) is 0 Å². The molecule has 2 rings (SSSR count). The molecule has 2 aromatic rings. The molecule has 0 N–H and O–H groups in total. The Balaban J connectivity index is 2.47. The molecule has 0 bridgehead atoms. The molecule has 0 aliphatic heterocycles. The Kier molecular flexibility index (Phi) is 4.10. The first-order valence-corrected chi connectivity index (χ1v) is 6.80. The summed E-state index contributed by atoms with van der Waals surface area (Å²) in [6.07, 6.45) is 1.47. The van der Waals surface area contributed by atoms with Crippen LogP contribution in [0.5, 0.6) is 0 Å². The lowest BCUT2D eigenvalue weighted by Crippen LogP contribution is -2.11. The molecule has 0 spiro atoms. The molecule has 0 fully saturated rings. The molecule has 0 saturated carbocycles. The average Bonchev–Trinajstić information content (AvgIpc) is 2.73. The molecule has 0 unspecified atom stereocenters. The van der Waals surface area contributed by atoms with Gasteiger partial charge in [-0.3, -0.25) is 9.48 Å². The van der Waals surface area contributed by atoms with Crippen molar-refractivity contribution >= 4 is 44.9 Å². The Morgan fingerprint density at radius 2 is 2.11 bits per heavy atom. The molecule has 1 aromatic carbocycles. The van der Waals surface area contributed by atoms with E-state index in [1.165, 1.54) is 6.20 Å². The summed E-state index contributed by atoms with van der Waals surface area (Å²) in [4.78, 5) is 12.4. The number of benzene rings is 1. The van der Waals surface area contributed by atoms with Crippen LogP contribution in [0.25, 0.3) is 0 Å². The monoisotopic (exact) mass is 346 g/mol. The second-order valence-corrected chi connectivity index (χ2v) is 5.28. The number of nitrogens with zero attached hydrogens (tertiary/aromatic N) is 2. The molecule has 1 aromatic heterocycles. The van der Waals surface area contributed by atoms with Crippen LogP contribution in [-0.4, -0.2) is 15.6 Å². The van der Waals surface area contributed by atoms with Crippen molar-refractivity contribution in [1.29, 1.82) is 0 Å². The van der Waals surface area contributed by atoms with Gasteiger partial charge in [0.1, 0.15) is 5.69 Å². The molecule has 3 nitrogen and oxygen atoms in total. The van der Waals surface area contributed by atoms with Crippen LogP contribution in [0.1, 0.15) is 23.0 Å². The number of carbonyl (C=O) groups excluding carboxylic acids is 1. The van der Waals surface area contributed by atoms with Gasteiger partial charge in [0.2, 0.25) is 5.78 Å². The Morgan fingerprint density at radius 3 is 2.72 bits per heavy atom. The van der Waals surface area contributed by atoms with Gasteiger partial charge in [0, 0.05) is 16.6 Å². The van der Waals surface area contributed by atoms with Crippen molar-refractivity contribution < 1.29 is 4.79 Å². The minimum absolute atomic E-state index is 0.186. The van der Waals surface area contributed by atoms with Crippen LogP contribution >= 0.6 is 39.1 Å². The molecule has 6 heteroatoms. The number of hydrogen-bond acceptors (Lipinski definition) is 2. The van der Waals surface area contributed by atoms with Crippen LogP contribution in [0, 0.1) is 0 Å². The Labute approximate surface area is 123 Å². The van der Waals surface area contributed by atoms with Gasteiger partial charge in [-0.2, -0.15) is 5.10 Å². The van der Waals surface area contributed by atoms with E-state index in [0.717, 1.165) is 4.47 Å². The van der Waals surface area contributed by atoms with E-state index in [2.05, 4.69) is 21.0 Å². The van der Waals surface area contributed by atoms with Crippen LogP contribution in [0.2, 0.25) is 10.0 Å². The maximum Gasteiger partial charge on any atom is 0.212 e. The van der Waals surface area contributed by atoms with Crippen LogP contribution < -0.4 is 0 Å². The third-order valence-electron chi connectivity index (χ3n) is 2.49. The molecule has 0 radical (unpaired) electrons. The van der Waals surface area contributed by atoms with Crippen LogP contribution in [0.15, 0.2) is 28.9 Å². The number of carbonyl (C=O) groups is 1. The zero-order valence-electron chi connectivity index (χ0n) is 9.45. The Morgan fingerprint density at radius 1 is 1.39 bits per heavy atom. The fraction of sp³-hybridized carbons (Fsp3) is 0.167. The predicted octanol–water partition coefficient (Wildman–Crippen LogP) is 4.20. The molecule has 0 atom stereocenters. The molecular formula is C12H9BrCl2N2O. The quantitative estimate of drug-likeness (QED) is 0.780. The third-order valence-corrected chi connectivity index (χ3v) is 4.00. The molecule has 0 aliphatic rings. The third kappa shape index (κ3) is 2.46. The number of aryl methyl sites for hydroxylation is 1. The van der Waals surface area contributed by atoms with Crippen LogP contribution in [0.4, 0.5) is 0 Å². The molecule has 1 heterocycles. The highest BCUT2D eigenvalue weighted by atomic mass is 79.9. The normalized spacial score (nSPS) is 10.7. The SMILES string of the molecule is CCn1ncc(Cl)c1C(=O)c1ccc(Br)c(Cl)c1. The summed E-state index contributed by atoms with van der Waals surface area (Å²) in [5, 5.41) is 4.88. The van der Waals surface area contributed by atoms with Gasteiger partial charge in [-0.25, -0.2) is 0 Å². The fourth-order valence-electron chi connectivity index (χ4n) is 1.60. The van der Waals surface area contributed by atoms with Crippen molar-refractivity contribution in [1.82, 2.24) is 9.78 Å². The highest BCUT2D eigenvalue weighted by Crippen LogP contribution is 2.26. The maximum atomic E-state index is 12.4. The number of halogens is 3. The number of ketones is 1. The molecular weight excluding hydrogens is 339 g/mol. The van der Waals surface area contributed by atoms with Gasteiger partial charge >= 0.3 is 0 Å². The van der Waals surface area contributed by atoms with Crippen molar-refractivity contribution in [2.45, 2.75) is 13.5 Å². The summed E-state index contributed by atoms with van der Waals surface area (Å²) in [6.45, 7) is 2.48. The molecule has 0 amide bonds. The van der Waals surface area contributed by atoms with E-state index in [1.54, 1.807) is 22.9 Å². The summed E-state index contributed by atoms with van der Waals surface area (Å²) in [5.41, 5.74) is 0.873. The summed E-state index contributed by atoms with van der Waals surface area (Å²) in [6, 6.07) is 5.04. The van der Waals surface area contributed by atoms with Gasteiger partial charge in [0.25, 0.3) is 0 Å². The van der Waals surface area contributed by atoms with E-state index < -0.39 is 0 Å². The molecule has 94 valence electrons. The van der Waals surface area contributed by atoms with E-state index in [4.69, 9.17) is 23.2 Å². The summed E-state index contributed by atoms with van der Waals surface area (Å²) >= 11 is 15.3. The standard InChI is InChI=1S/C12H9BrCl2N2O/c1-2-17-11(10(15)6-16-17)12(18)7-3-4-8(13)9(14)5-7/h3-6H,2H2,1H3. The number of hydrogen-bond donors (Lipinski definition) is 0. The summed E-state index contributed by atoms with van der Waals surface area (Å²) in [5.74, 6) is -0.186. The highest BCUT2D eigenvalue weighted by Gasteiger charge is 2.19. The van der Waals surface area contributed by atoms with Crippen molar-refractivity contribution in [2.75, 3.05) is 0 Å². The van der Waals surface area contributed by atoms with Gasteiger partial charge in [-0.15, -0.1) is 0 Å². The topological polar surface area (TPSA) is 34.9 Å². The predicted molar refractivity (Wildman–Crippen MR) is 75.5 cm³/mol. The maximum absolute atomic E-state index is 12.4. The second-order valence-electron chi connectivity index (χ2n) is 3.61. The minimum Gasteiger partial charge on any atom is -0.287 e. The van der Waals surface area contributed by atoms with Crippen LogP contribution in [0.3, 0.4) is 0 Å². The summed E-state index contributed by atoms with van der Waals surface area (Å²) in [7, 11) is 0. The minimum atomic E-state index is -0.186.